The van der Waals surface area contributed by atoms with Gasteiger partial charge in [-0.15, -0.1) is 0 Å². The lowest BCUT2D eigenvalue weighted by Crippen LogP contribution is -2.11. The van der Waals surface area contributed by atoms with E-state index in [1.807, 2.05) is 12.3 Å². The van der Waals surface area contributed by atoms with Crippen LogP contribution >= 0.6 is 23.4 Å². The van der Waals surface area contributed by atoms with Crippen molar-refractivity contribution in [1.29, 1.82) is 0 Å². The molecule has 0 spiro atoms. The molecule has 0 saturated carbocycles. The Bertz CT molecular complexity index is 585. The van der Waals surface area contributed by atoms with Gasteiger partial charge in [-0.25, -0.2) is 9.97 Å². The zero-order valence-electron chi connectivity index (χ0n) is 12.1. The van der Waals surface area contributed by atoms with Crippen LogP contribution in [0.2, 0.25) is 5.15 Å². The predicted molar refractivity (Wildman–Crippen MR) is 87.5 cm³/mol. The Balaban J connectivity index is 1.91. The Morgan fingerprint density at radius 2 is 2.10 bits per heavy atom. The number of halogens is 1. The zero-order valence-corrected chi connectivity index (χ0v) is 13.7. The highest BCUT2D eigenvalue weighted by Gasteiger charge is 2.04. The summed E-state index contributed by atoms with van der Waals surface area (Å²) in [5.41, 5.74) is 7.97. The number of aryl methyl sites for hydroxylation is 1. The molecule has 0 fully saturated rings. The third kappa shape index (κ3) is 5.49. The molecule has 2 rings (SSSR count). The third-order valence-electron chi connectivity index (χ3n) is 2.66. The van der Waals surface area contributed by atoms with Crippen LogP contribution in [0.25, 0.3) is 0 Å². The number of thioether (sulfide) groups is 1. The first-order chi connectivity index (χ1) is 10.0. The molecule has 7 heteroatoms. The highest BCUT2D eigenvalue weighted by atomic mass is 35.5. The average molecular weight is 324 g/mol. The van der Waals surface area contributed by atoms with Crippen molar-refractivity contribution in [3.63, 3.8) is 0 Å². The maximum Gasteiger partial charge on any atom is 0.190 e. The summed E-state index contributed by atoms with van der Waals surface area (Å²) >= 11 is 7.38. The molecule has 0 aliphatic rings. The lowest BCUT2D eigenvalue weighted by Gasteiger charge is -2.10. The molecule has 0 aliphatic heterocycles. The maximum absolute atomic E-state index is 5.85. The van der Waals surface area contributed by atoms with Gasteiger partial charge in [0, 0.05) is 30.3 Å². The van der Waals surface area contributed by atoms with Crippen LogP contribution in [-0.2, 0) is 13.0 Å². The molecule has 0 saturated heterocycles. The van der Waals surface area contributed by atoms with Crippen molar-refractivity contribution in [1.82, 2.24) is 19.9 Å². The lowest BCUT2D eigenvalue weighted by atomic mass is 10.2. The van der Waals surface area contributed by atoms with Gasteiger partial charge < -0.3 is 10.6 Å². The molecule has 2 N–H and O–H groups in total. The predicted octanol–water partition coefficient (Wildman–Crippen LogP) is 2.50. The van der Waals surface area contributed by atoms with Gasteiger partial charge in [0.1, 0.15) is 11.0 Å². The van der Waals surface area contributed by atoms with Crippen molar-refractivity contribution in [3.8, 4) is 0 Å². The first-order valence-electron chi connectivity index (χ1n) is 6.54. The van der Waals surface area contributed by atoms with E-state index >= 15 is 0 Å². The fourth-order valence-electron chi connectivity index (χ4n) is 1.85. The van der Waals surface area contributed by atoms with E-state index in [0.717, 1.165) is 24.4 Å². The van der Waals surface area contributed by atoms with Gasteiger partial charge in [0.25, 0.3) is 0 Å². The molecule has 2 aromatic rings. The summed E-state index contributed by atoms with van der Waals surface area (Å²) in [6, 6.07) is 5.71. The van der Waals surface area contributed by atoms with E-state index < -0.39 is 0 Å². The molecule has 0 radical (unpaired) electrons. The SMILES string of the molecule is CN(C)Cc1ccnc(CCSc2nc(N)cc(Cl)n2)c1. The van der Waals surface area contributed by atoms with Crippen LogP contribution in [0.3, 0.4) is 0 Å². The van der Waals surface area contributed by atoms with E-state index in [4.69, 9.17) is 17.3 Å². The number of rotatable bonds is 6. The smallest absolute Gasteiger partial charge is 0.190 e. The summed E-state index contributed by atoms with van der Waals surface area (Å²) in [4.78, 5) is 14.8. The van der Waals surface area contributed by atoms with Crippen LogP contribution in [0.4, 0.5) is 5.82 Å². The standard InChI is InChI=1S/C14H18ClN5S/c1-20(2)9-10-3-5-17-11(7-10)4-6-21-14-18-12(15)8-13(16)19-14/h3,5,7-8H,4,6,9H2,1-2H3,(H2,16,18,19). The summed E-state index contributed by atoms with van der Waals surface area (Å²) in [7, 11) is 4.10. The van der Waals surface area contributed by atoms with Crippen molar-refractivity contribution in [2.75, 3.05) is 25.6 Å². The number of nitrogens with two attached hydrogens (primary N) is 1. The van der Waals surface area contributed by atoms with E-state index in [2.05, 4.69) is 40.0 Å². The quantitative estimate of drug-likeness (QED) is 0.500. The maximum atomic E-state index is 5.85. The topological polar surface area (TPSA) is 67.9 Å². The largest absolute Gasteiger partial charge is 0.384 e. The molecular formula is C14H18ClN5S. The van der Waals surface area contributed by atoms with E-state index in [-0.39, 0.29) is 0 Å². The normalized spacial score (nSPS) is 11.0. The molecule has 0 atom stereocenters. The first kappa shape index (κ1) is 16.0. The second-order valence-electron chi connectivity index (χ2n) is 4.89. The summed E-state index contributed by atoms with van der Waals surface area (Å²) in [6.45, 7) is 0.913. The number of anilines is 1. The van der Waals surface area contributed by atoms with Crippen LogP contribution in [-0.4, -0.2) is 39.7 Å². The molecule has 2 aromatic heterocycles. The molecule has 0 bridgehead atoms. The number of aromatic nitrogens is 3. The molecule has 0 amide bonds. The molecule has 0 aliphatic carbocycles. The van der Waals surface area contributed by atoms with E-state index in [9.17, 15) is 0 Å². The summed E-state index contributed by atoms with van der Waals surface area (Å²) in [6.07, 6.45) is 2.70. The minimum atomic E-state index is 0.371. The molecular weight excluding hydrogens is 306 g/mol. The number of hydrogen-bond donors (Lipinski definition) is 1. The minimum Gasteiger partial charge on any atom is -0.384 e. The van der Waals surface area contributed by atoms with Gasteiger partial charge in [0.15, 0.2) is 5.16 Å². The monoisotopic (exact) mass is 323 g/mol. The van der Waals surface area contributed by atoms with Gasteiger partial charge in [0.05, 0.1) is 0 Å². The fraction of sp³-hybridized carbons (Fsp3) is 0.357. The van der Waals surface area contributed by atoms with Crippen LogP contribution in [0.1, 0.15) is 11.3 Å². The molecule has 112 valence electrons. The minimum absolute atomic E-state index is 0.371. The number of nitrogens with zero attached hydrogens (tertiary/aromatic N) is 4. The van der Waals surface area contributed by atoms with Crippen LogP contribution in [0, 0.1) is 0 Å². The second kappa shape index (κ2) is 7.59. The Morgan fingerprint density at radius 3 is 2.81 bits per heavy atom. The van der Waals surface area contributed by atoms with Gasteiger partial charge >= 0.3 is 0 Å². The molecule has 0 aromatic carbocycles. The molecule has 21 heavy (non-hydrogen) atoms. The number of pyridine rings is 1. The van der Waals surface area contributed by atoms with Crippen molar-refractivity contribution in [2.24, 2.45) is 0 Å². The van der Waals surface area contributed by atoms with Gasteiger partial charge in [-0.2, -0.15) is 0 Å². The highest BCUT2D eigenvalue weighted by Crippen LogP contribution is 2.18. The Labute approximate surface area is 133 Å². The summed E-state index contributed by atoms with van der Waals surface area (Å²) < 4.78 is 0. The third-order valence-corrected chi connectivity index (χ3v) is 3.71. The second-order valence-corrected chi connectivity index (χ2v) is 6.34. The Hall–Kier alpha value is -1.37. The Morgan fingerprint density at radius 1 is 1.29 bits per heavy atom. The zero-order chi connectivity index (χ0) is 15.2. The lowest BCUT2D eigenvalue weighted by molar-refractivity contribution is 0.402. The van der Waals surface area contributed by atoms with Crippen LogP contribution in [0.15, 0.2) is 29.6 Å². The van der Waals surface area contributed by atoms with E-state index in [1.54, 1.807) is 0 Å². The molecule has 5 nitrogen and oxygen atoms in total. The van der Waals surface area contributed by atoms with Crippen LogP contribution in [0.5, 0.6) is 0 Å². The van der Waals surface area contributed by atoms with Crippen molar-refractivity contribution >= 4 is 29.2 Å². The van der Waals surface area contributed by atoms with Gasteiger partial charge in [0.2, 0.25) is 0 Å². The average Bonchev–Trinajstić information content (AvgIpc) is 2.37. The highest BCUT2D eigenvalue weighted by molar-refractivity contribution is 7.99. The first-order valence-corrected chi connectivity index (χ1v) is 7.90. The van der Waals surface area contributed by atoms with Crippen LogP contribution < -0.4 is 5.73 Å². The fourth-order valence-corrected chi connectivity index (χ4v) is 2.92. The van der Waals surface area contributed by atoms with E-state index in [0.29, 0.717) is 16.1 Å². The van der Waals surface area contributed by atoms with Crippen molar-refractivity contribution < 1.29 is 0 Å². The molecule has 0 unspecified atom stereocenters. The number of hydrogen-bond acceptors (Lipinski definition) is 6. The van der Waals surface area contributed by atoms with Crippen molar-refractivity contribution in [3.05, 3.63) is 40.8 Å². The Kier molecular flexibility index (Phi) is 5.78. The van der Waals surface area contributed by atoms with Crippen molar-refractivity contribution in [2.45, 2.75) is 18.1 Å². The summed E-state index contributed by atoms with van der Waals surface area (Å²) in [5, 5.41) is 0.973. The van der Waals surface area contributed by atoms with Gasteiger partial charge in [-0.3, -0.25) is 4.98 Å². The number of nitrogen functional groups attached to an aromatic ring is 1. The van der Waals surface area contributed by atoms with Gasteiger partial charge in [-0.05, 0) is 38.2 Å². The molecule has 2 heterocycles. The summed E-state index contributed by atoms with van der Waals surface area (Å²) in [5.74, 6) is 1.22. The van der Waals surface area contributed by atoms with Gasteiger partial charge in [-0.1, -0.05) is 23.4 Å². The van der Waals surface area contributed by atoms with E-state index in [1.165, 1.54) is 23.4 Å².